The number of hydrogen-bond acceptors (Lipinski definition) is 2. The van der Waals surface area contributed by atoms with E-state index in [1.807, 2.05) is 43.1 Å². The van der Waals surface area contributed by atoms with Crippen molar-refractivity contribution in [3.8, 4) is 0 Å². The third kappa shape index (κ3) is 3.41. The fourth-order valence-corrected chi connectivity index (χ4v) is 1.90. The first-order chi connectivity index (χ1) is 9.06. The van der Waals surface area contributed by atoms with Gasteiger partial charge in [0, 0.05) is 18.3 Å². The summed E-state index contributed by atoms with van der Waals surface area (Å²) < 4.78 is 12.8. The van der Waals surface area contributed by atoms with Crippen molar-refractivity contribution in [1.82, 2.24) is 0 Å². The van der Waals surface area contributed by atoms with E-state index in [1.54, 1.807) is 0 Å². The molecule has 2 aromatic carbocycles. The number of rotatable bonds is 4. The van der Waals surface area contributed by atoms with E-state index in [0.29, 0.717) is 5.56 Å². The summed E-state index contributed by atoms with van der Waals surface area (Å²) in [6, 6.07) is 13.6. The molecular weight excluding hydrogens is 241 g/mol. The Labute approximate surface area is 112 Å². The molecule has 0 unspecified atom stereocenters. The van der Waals surface area contributed by atoms with E-state index in [0.717, 1.165) is 11.3 Å². The van der Waals surface area contributed by atoms with Crippen LogP contribution in [-0.2, 0) is 0 Å². The van der Waals surface area contributed by atoms with Gasteiger partial charge in [0.2, 0.25) is 0 Å². The zero-order valence-electron chi connectivity index (χ0n) is 11.1. The van der Waals surface area contributed by atoms with E-state index < -0.39 is 0 Å². The normalized spacial score (nSPS) is 10.3. The largest absolute Gasteiger partial charge is 0.367 e. The monoisotopic (exact) mass is 257 g/mol. The van der Waals surface area contributed by atoms with Gasteiger partial charge in [-0.2, -0.15) is 0 Å². The Balaban J connectivity index is 2.08. The minimum atomic E-state index is -0.330. The number of aryl methyl sites for hydroxylation is 1. The highest BCUT2D eigenvalue weighted by Gasteiger charge is 2.10. The van der Waals surface area contributed by atoms with Crippen molar-refractivity contribution in [2.24, 2.45) is 0 Å². The highest BCUT2D eigenvalue weighted by Crippen LogP contribution is 2.15. The third-order valence-corrected chi connectivity index (χ3v) is 2.99. The molecule has 0 aliphatic rings. The number of benzene rings is 2. The van der Waals surface area contributed by atoms with Gasteiger partial charge in [0.05, 0.1) is 6.54 Å². The van der Waals surface area contributed by atoms with E-state index in [9.17, 15) is 9.18 Å². The van der Waals surface area contributed by atoms with Crippen molar-refractivity contribution in [2.45, 2.75) is 6.92 Å². The van der Waals surface area contributed by atoms with Crippen molar-refractivity contribution in [3.63, 3.8) is 0 Å². The summed E-state index contributed by atoms with van der Waals surface area (Å²) in [5, 5.41) is 0. The molecule has 2 aromatic rings. The van der Waals surface area contributed by atoms with Gasteiger partial charge in [-0.25, -0.2) is 4.39 Å². The molecule has 0 saturated heterocycles. The second-order valence-corrected chi connectivity index (χ2v) is 4.63. The summed E-state index contributed by atoms with van der Waals surface area (Å²) in [6.07, 6.45) is 0. The van der Waals surface area contributed by atoms with Gasteiger partial charge in [-0.15, -0.1) is 0 Å². The molecule has 98 valence electrons. The van der Waals surface area contributed by atoms with Crippen LogP contribution in [-0.4, -0.2) is 19.4 Å². The summed E-state index contributed by atoms with van der Waals surface area (Å²) in [5.74, 6) is -0.354. The maximum atomic E-state index is 12.8. The number of likely N-dealkylation sites (N-methyl/N-ethyl adjacent to an activating group) is 1. The summed E-state index contributed by atoms with van der Waals surface area (Å²) in [6.45, 7) is 2.29. The van der Waals surface area contributed by atoms with Crippen molar-refractivity contribution >= 4 is 11.5 Å². The van der Waals surface area contributed by atoms with E-state index in [1.165, 1.54) is 24.3 Å². The van der Waals surface area contributed by atoms with Gasteiger partial charge in [0.15, 0.2) is 5.78 Å². The van der Waals surface area contributed by atoms with Crippen LogP contribution in [0.4, 0.5) is 10.1 Å². The maximum Gasteiger partial charge on any atom is 0.182 e. The summed E-state index contributed by atoms with van der Waals surface area (Å²) >= 11 is 0. The Hall–Kier alpha value is -2.16. The third-order valence-electron chi connectivity index (χ3n) is 2.99. The van der Waals surface area contributed by atoms with Crippen molar-refractivity contribution in [2.75, 3.05) is 18.5 Å². The molecule has 0 bridgehead atoms. The number of Topliss-reactive ketones (excluding diaryl/α,β-unsaturated/α-hetero) is 1. The molecule has 0 atom stereocenters. The summed E-state index contributed by atoms with van der Waals surface area (Å²) in [4.78, 5) is 13.9. The lowest BCUT2D eigenvalue weighted by Gasteiger charge is -2.18. The fourth-order valence-electron chi connectivity index (χ4n) is 1.90. The Kier molecular flexibility index (Phi) is 3.95. The van der Waals surface area contributed by atoms with Crippen LogP contribution in [0, 0.1) is 12.7 Å². The molecule has 0 saturated carbocycles. The molecule has 0 fully saturated rings. The van der Waals surface area contributed by atoms with Crippen LogP contribution in [0.3, 0.4) is 0 Å². The van der Waals surface area contributed by atoms with Crippen LogP contribution in [0.15, 0.2) is 48.5 Å². The zero-order chi connectivity index (χ0) is 13.8. The maximum absolute atomic E-state index is 12.8. The topological polar surface area (TPSA) is 20.3 Å². The SMILES string of the molecule is Cc1cccc(N(C)CC(=O)c2ccc(F)cc2)c1. The van der Waals surface area contributed by atoms with Gasteiger partial charge in [0.25, 0.3) is 0 Å². The first kappa shape index (κ1) is 13.3. The molecule has 0 aliphatic heterocycles. The first-order valence-corrected chi connectivity index (χ1v) is 6.13. The van der Waals surface area contributed by atoms with Gasteiger partial charge in [-0.05, 0) is 48.9 Å². The second-order valence-electron chi connectivity index (χ2n) is 4.63. The molecule has 0 heterocycles. The molecule has 0 amide bonds. The lowest BCUT2D eigenvalue weighted by Crippen LogP contribution is -2.25. The average Bonchev–Trinajstić information content (AvgIpc) is 2.39. The predicted molar refractivity (Wildman–Crippen MR) is 75.2 cm³/mol. The van der Waals surface area contributed by atoms with Gasteiger partial charge in [-0.1, -0.05) is 12.1 Å². The number of carbonyl (C=O) groups excluding carboxylic acids is 1. The Morgan fingerprint density at radius 3 is 2.47 bits per heavy atom. The molecule has 0 spiro atoms. The van der Waals surface area contributed by atoms with Crippen LogP contribution >= 0.6 is 0 Å². The van der Waals surface area contributed by atoms with Crippen LogP contribution in [0.5, 0.6) is 0 Å². The molecule has 3 heteroatoms. The lowest BCUT2D eigenvalue weighted by molar-refractivity contribution is 0.100. The van der Waals surface area contributed by atoms with Crippen molar-refractivity contribution < 1.29 is 9.18 Å². The highest BCUT2D eigenvalue weighted by molar-refractivity contribution is 5.99. The highest BCUT2D eigenvalue weighted by atomic mass is 19.1. The smallest absolute Gasteiger partial charge is 0.182 e. The number of hydrogen-bond donors (Lipinski definition) is 0. The molecule has 19 heavy (non-hydrogen) atoms. The van der Waals surface area contributed by atoms with Crippen LogP contribution < -0.4 is 4.90 Å². The minimum absolute atomic E-state index is 0.0241. The van der Waals surface area contributed by atoms with Crippen LogP contribution in [0.1, 0.15) is 15.9 Å². The number of halogens is 1. The number of carbonyl (C=O) groups is 1. The van der Waals surface area contributed by atoms with E-state index in [2.05, 4.69) is 0 Å². The Morgan fingerprint density at radius 2 is 1.84 bits per heavy atom. The minimum Gasteiger partial charge on any atom is -0.367 e. The summed E-state index contributed by atoms with van der Waals surface area (Å²) in [7, 11) is 1.87. The second kappa shape index (κ2) is 5.65. The standard InChI is InChI=1S/C16H16FNO/c1-12-4-3-5-15(10-12)18(2)11-16(19)13-6-8-14(17)9-7-13/h3-10H,11H2,1-2H3. The number of ketones is 1. The quantitative estimate of drug-likeness (QED) is 0.782. The van der Waals surface area contributed by atoms with E-state index >= 15 is 0 Å². The van der Waals surface area contributed by atoms with Gasteiger partial charge < -0.3 is 4.90 Å². The van der Waals surface area contributed by atoms with Gasteiger partial charge in [0.1, 0.15) is 5.82 Å². The summed E-state index contributed by atoms with van der Waals surface area (Å²) in [5.41, 5.74) is 2.68. The average molecular weight is 257 g/mol. The molecule has 2 nitrogen and oxygen atoms in total. The molecule has 2 rings (SSSR count). The van der Waals surface area contributed by atoms with Crippen LogP contribution in [0.25, 0.3) is 0 Å². The zero-order valence-corrected chi connectivity index (χ0v) is 11.1. The molecule has 0 aromatic heterocycles. The van der Waals surface area contributed by atoms with Crippen LogP contribution in [0.2, 0.25) is 0 Å². The number of nitrogens with zero attached hydrogens (tertiary/aromatic N) is 1. The molecule has 0 N–H and O–H groups in total. The van der Waals surface area contributed by atoms with Crippen molar-refractivity contribution in [1.29, 1.82) is 0 Å². The molecule has 0 aliphatic carbocycles. The predicted octanol–water partition coefficient (Wildman–Crippen LogP) is 3.45. The lowest BCUT2D eigenvalue weighted by atomic mass is 10.1. The Bertz CT molecular complexity index is 578. The first-order valence-electron chi connectivity index (χ1n) is 6.13. The van der Waals surface area contributed by atoms with E-state index in [4.69, 9.17) is 0 Å². The molecule has 0 radical (unpaired) electrons. The number of anilines is 1. The van der Waals surface area contributed by atoms with Crippen molar-refractivity contribution in [3.05, 3.63) is 65.5 Å². The van der Waals surface area contributed by atoms with Gasteiger partial charge >= 0.3 is 0 Å². The fraction of sp³-hybridized carbons (Fsp3) is 0.188. The molecular formula is C16H16FNO. The van der Waals surface area contributed by atoms with E-state index in [-0.39, 0.29) is 18.1 Å². The van der Waals surface area contributed by atoms with Gasteiger partial charge in [-0.3, -0.25) is 4.79 Å². The Morgan fingerprint density at radius 1 is 1.16 bits per heavy atom.